The molecule has 2 aliphatic carbocycles. The third-order valence-electron chi connectivity index (χ3n) is 7.86. The van der Waals surface area contributed by atoms with E-state index < -0.39 is 22.6 Å². The van der Waals surface area contributed by atoms with Crippen LogP contribution < -0.4 is 15.8 Å². The standard InChI is InChI=1S/C23H31F3N6.H3NO2S/c24-23(25,26)17-4-8-20(21(12-17)22-29-31-32-30-22)14-1-5-18(6-2-14)28-19-7-3-16-13-27-10-9-15(16)11-19;1-4(2)3/h4,8,12,14-16,18-19,27-28H,1-3,5-7,9-11,13H2,(H,29,30,31,32);4H,(H2,1,2,3)/t14?,15-,16+,18?,19?;/m0./s1. The fraction of sp³-hybridized carbons (Fsp3) is 0.696. The number of alkyl halides is 3. The number of H-pyrrole nitrogens is 1. The Hall–Kier alpha value is -2.09. The number of piperidine rings is 1. The summed E-state index contributed by atoms with van der Waals surface area (Å²) >= 11 is 0. The average Bonchev–Trinajstić information content (AvgIpc) is 3.38. The van der Waals surface area contributed by atoms with Gasteiger partial charge in [-0.1, -0.05) is 6.07 Å². The fourth-order valence-electron chi connectivity index (χ4n) is 6.15. The van der Waals surface area contributed by atoms with Gasteiger partial charge in [-0.05, 0) is 110 Å². The number of halogens is 3. The second-order valence-electron chi connectivity index (χ2n) is 10.1. The van der Waals surface area contributed by atoms with Gasteiger partial charge in [-0.3, -0.25) is 0 Å². The second-order valence-corrected chi connectivity index (χ2v) is 10.6. The number of aromatic amines is 1. The molecular formula is C23H34F3N7O2S. The molecule has 1 aliphatic heterocycles. The summed E-state index contributed by atoms with van der Waals surface area (Å²) in [7, 11) is -2.62. The van der Waals surface area contributed by atoms with E-state index in [1.807, 2.05) is 0 Å². The monoisotopic (exact) mass is 529 g/mol. The zero-order chi connectivity index (χ0) is 25.7. The summed E-state index contributed by atoms with van der Waals surface area (Å²) in [5.74, 6) is 2.21. The Bertz CT molecular complexity index is 1050. The van der Waals surface area contributed by atoms with E-state index in [1.54, 1.807) is 6.07 Å². The minimum Gasteiger partial charge on any atom is -0.316 e. The van der Waals surface area contributed by atoms with Crippen LogP contribution in [0.2, 0.25) is 0 Å². The maximum absolute atomic E-state index is 13.3. The molecule has 0 radical (unpaired) electrons. The van der Waals surface area contributed by atoms with Crippen LogP contribution in [0.5, 0.6) is 0 Å². The summed E-state index contributed by atoms with van der Waals surface area (Å²) in [5.41, 5.74) is 0.701. The van der Waals surface area contributed by atoms with Crippen LogP contribution in [0, 0.1) is 11.8 Å². The van der Waals surface area contributed by atoms with E-state index in [0.717, 1.165) is 49.6 Å². The molecule has 0 spiro atoms. The van der Waals surface area contributed by atoms with Crippen LogP contribution in [0.4, 0.5) is 13.2 Å². The van der Waals surface area contributed by atoms with Gasteiger partial charge in [0.05, 0.1) is 5.56 Å². The predicted octanol–water partition coefficient (Wildman–Crippen LogP) is 2.75. The van der Waals surface area contributed by atoms with Crippen LogP contribution in [-0.4, -0.2) is 54.2 Å². The number of hydrogen-bond acceptors (Lipinski definition) is 7. The van der Waals surface area contributed by atoms with Gasteiger partial charge < -0.3 is 10.6 Å². The van der Waals surface area contributed by atoms with E-state index in [2.05, 4.69) is 36.4 Å². The normalized spacial score (nSPS) is 28.8. The summed E-state index contributed by atoms with van der Waals surface area (Å²) in [5, 5.41) is 25.2. The highest BCUT2D eigenvalue weighted by Crippen LogP contribution is 2.41. The van der Waals surface area contributed by atoms with Gasteiger partial charge in [0.15, 0.2) is 16.7 Å². The van der Waals surface area contributed by atoms with Crippen LogP contribution in [-0.2, 0) is 17.1 Å². The van der Waals surface area contributed by atoms with Crippen LogP contribution in [0.15, 0.2) is 18.2 Å². The molecule has 13 heteroatoms. The number of nitrogens with one attached hydrogen (secondary N) is 3. The van der Waals surface area contributed by atoms with E-state index in [0.29, 0.717) is 23.5 Å². The largest absolute Gasteiger partial charge is 0.416 e. The molecule has 3 aliphatic rings. The molecule has 200 valence electrons. The number of aromatic nitrogens is 4. The molecule has 0 amide bonds. The molecule has 1 unspecified atom stereocenters. The van der Waals surface area contributed by atoms with Crippen LogP contribution >= 0.6 is 0 Å². The van der Waals surface area contributed by atoms with Crippen molar-refractivity contribution in [3.05, 3.63) is 29.3 Å². The van der Waals surface area contributed by atoms with Crippen molar-refractivity contribution in [2.75, 3.05) is 13.1 Å². The molecule has 9 nitrogen and oxygen atoms in total. The van der Waals surface area contributed by atoms with E-state index in [-0.39, 0.29) is 5.92 Å². The number of fused-ring (bicyclic) bond motifs is 1. The van der Waals surface area contributed by atoms with Crippen LogP contribution in [0.25, 0.3) is 11.4 Å². The first-order valence-corrected chi connectivity index (χ1v) is 13.8. The third kappa shape index (κ3) is 7.02. The average molecular weight is 530 g/mol. The molecule has 2 heterocycles. The van der Waals surface area contributed by atoms with E-state index >= 15 is 0 Å². The number of rotatable bonds is 4. The Morgan fingerprint density at radius 1 is 1.00 bits per heavy atom. The first-order chi connectivity index (χ1) is 17.2. The number of hydrogen-bond donors (Lipinski definition) is 5. The Morgan fingerprint density at radius 2 is 1.72 bits per heavy atom. The van der Waals surface area contributed by atoms with Crippen molar-refractivity contribution in [2.24, 2.45) is 17.0 Å². The summed E-state index contributed by atoms with van der Waals surface area (Å²) in [4.78, 5) is 0. The molecule has 5 rings (SSSR count). The lowest BCUT2D eigenvalue weighted by atomic mass is 9.73. The van der Waals surface area contributed by atoms with Crippen molar-refractivity contribution < 1.29 is 21.6 Å². The van der Waals surface area contributed by atoms with Gasteiger partial charge in [0.2, 0.25) is 0 Å². The first-order valence-electron chi connectivity index (χ1n) is 12.5. The van der Waals surface area contributed by atoms with Gasteiger partial charge in [-0.15, -0.1) is 5.10 Å². The minimum atomic E-state index is -4.39. The number of nitrogens with two attached hydrogens (primary N) is 1. The maximum Gasteiger partial charge on any atom is 0.416 e. The third-order valence-corrected chi connectivity index (χ3v) is 7.86. The van der Waals surface area contributed by atoms with Crippen molar-refractivity contribution >= 4 is 10.9 Å². The van der Waals surface area contributed by atoms with Crippen molar-refractivity contribution in [3.8, 4) is 11.4 Å². The van der Waals surface area contributed by atoms with E-state index in [4.69, 9.17) is 8.42 Å². The topological polar surface area (TPSA) is 139 Å². The number of benzene rings is 1. The highest BCUT2D eigenvalue weighted by Gasteiger charge is 2.35. The fourth-order valence-corrected chi connectivity index (χ4v) is 6.15. The van der Waals surface area contributed by atoms with Gasteiger partial charge in [0, 0.05) is 17.6 Å². The van der Waals surface area contributed by atoms with Gasteiger partial charge in [-0.2, -0.15) is 13.2 Å². The van der Waals surface area contributed by atoms with Gasteiger partial charge in [-0.25, -0.2) is 18.7 Å². The van der Waals surface area contributed by atoms with Crippen molar-refractivity contribution in [1.29, 1.82) is 0 Å². The minimum absolute atomic E-state index is 0.218. The van der Waals surface area contributed by atoms with Crippen molar-refractivity contribution in [2.45, 2.75) is 75.5 Å². The Morgan fingerprint density at radius 3 is 2.39 bits per heavy atom. The first kappa shape index (κ1) is 27.0. The lowest BCUT2D eigenvalue weighted by Crippen LogP contribution is -2.48. The van der Waals surface area contributed by atoms with Crippen LogP contribution in [0.3, 0.4) is 0 Å². The molecule has 1 saturated heterocycles. The highest BCUT2D eigenvalue weighted by atomic mass is 32.2. The molecule has 0 bridgehead atoms. The molecule has 5 N–H and O–H groups in total. The SMILES string of the molecule is FC(F)(F)c1ccc(C2CCC(NC3CC[C@@H]4CNCC[C@H]4C3)CC2)c(-c2nnn[nH]2)c1.N[SH](=O)=O. The maximum atomic E-state index is 13.3. The molecule has 36 heavy (non-hydrogen) atoms. The zero-order valence-corrected chi connectivity index (χ0v) is 20.9. The number of tetrazole rings is 1. The van der Waals surface area contributed by atoms with Gasteiger partial charge >= 0.3 is 6.18 Å². The molecular weight excluding hydrogens is 495 g/mol. The van der Waals surface area contributed by atoms with Crippen molar-refractivity contribution in [1.82, 2.24) is 31.3 Å². The Labute approximate surface area is 210 Å². The second kappa shape index (κ2) is 12.0. The van der Waals surface area contributed by atoms with Gasteiger partial charge in [0.25, 0.3) is 0 Å². The Balaban J connectivity index is 0.000000709. The van der Waals surface area contributed by atoms with Crippen LogP contribution in [0.1, 0.15) is 68.4 Å². The summed E-state index contributed by atoms with van der Waals surface area (Å²) < 4.78 is 57.5. The van der Waals surface area contributed by atoms with E-state index in [9.17, 15) is 13.2 Å². The van der Waals surface area contributed by atoms with E-state index in [1.165, 1.54) is 44.4 Å². The zero-order valence-electron chi connectivity index (χ0n) is 20.0. The molecule has 1 aromatic carbocycles. The lowest BCUT2D eigenvalue weighted by molar-refractivity contribution is -0.137. The number of nitrogens with zero attached hydrogens (tertiary/aromatic N) is 3. The highest BCUT2D eigenvalue weighted by molar-refractivity contribution is 7.69. The summed E-state index contributed by atoms with van der Waals surface area (Å²) in [6.45, 7) is 2.33. The molecule has 1 aromatic heterocycles. The predicted molar refractivity (Wildman–Crippen MR) is 129 cm³/mol. The molecule has 2 saturated carbocycles. The molecule has 3 fully saturated rings. The van der Waals surface area contributed by atoms with Gasteiger partial charge in [0.1, 0.15) is 0 Å². The smallest absolute Gasteiger partial charge is 0.316 e. The molecule has 3 atom stereocenters. The summed E-state index contributed by atoms with van der Waals surface area (Å²) in [6, 6.07) is 5.10. The number of thiol groups is 1. The van der Waals surface area contributed by atoms with Crippen molar-refractivity contribution in [3.63, 3.8) is 0 Å². The molecule has 2 aromatic rings. The summed E-state index contributed by atoms with van der Waals surface area (Å²) in [6.07, 6.45) is 4.76. The quantitative estimate of drug-likeness (QED) is 0.384. The lowest BCUT2D eigenvalue weighted by Gasteiger charge is -2.42. The Kier molecular flexibility index (Phi) is 8.96.